The lowest BCUT2D eigenvalue weighted by molar-refractivity contribution is -0.0117. The van der Waals surface area contributed by atoms with E-state index in [1.807, 2.05) is 39.0 Å². The maximum absolute atomic E-state index is 10.1. The van der Waals surface area contributed by atoms with Crippen molar-refractivity contribution in [2.24, 2.45) is 5.73 Å². The van der Waals surface area contributed by atoms with Crippen molar-refractivity contribution >= 4 is 0 Å². The minimum Gasteiger partial charge on any atom is -0.486 e. The Hall–Kier alpha value is -1.06. The molecule has 0 saturated carbocycles. The molecule has 82 valence electrons. The Kier molecular flexibility index (Phi) is 2.24. The molecule has 2 unspecified atom stereocenters. The highest BCUT2D eigenvalue weighted by atomic mass is 16.5. The number of benzene rings is 1. The first-order valence-electron chi connectivity index (χ1n) is 5.15. The molecular weight excluding hydrogens is 190 g/mol. The van der Waals surface area contributed by atoms with Gasteiger partial charge in [0.25, 0.3) is 0 Å². The molecule has 0 saturated heterocycles. The maximum atomic E-state index is 10.1. The number of rotatable bonds is 0. The zero-order valence-corrected chi connectivity index (χ0v) is 9.32. The highest BCUT2D eigenvalue weighted by molar-refractivity contribution is 5.42. The third-order valence-corrected chi connectivity index (χ3v) is 3.00. The largest absolute Gasteiger partial charge is 0.486 e. The number of fused-ring (bicyclic) bond motifs is 1. The number of aryl methyl sites for hydroxylation is 1. The molecule has 2 atom stereocenters. The van der Waals surface area contributed by atoms with E-state index in [1.54, 1.807) is 0 Å². The van der Waals surface area contributed by atoms with Crippen LogP contribution in [-0.4, -0.2) is 16.7 Å². The fourth-order valence-corrected chi connectivity index (χ4v) is 1.92. The van der Waals surface area contributed by atoms with Crippen LogP contribution in [0.3, 0.4) is 0 Å². The van der Waals surface area contributed by atoms with Gasteiger partial charge in [0.05, 0.1) is 6.04 Å². The summed E-state index contributed by atoms with van der Waals surface area (Å²) in [6, 6.07) is 5.39. The molecule has 0 amide bonds. The van der Waals surface area contributed by atoms with Gasteiger partial charge in [-0.3, -0.25) is 0 Å². The molecule has 1 aromatic carbocycles. The van der Waals surface area contributed by atoms with E-state index in [0.717, 1.165) is 16.9 Å². The van der Waals surface area contributed by atoms with E-state index in [4.69, 9.17) is 10.5 Å². The summed E-state index contributed by atoms with van der Waals surface area (Å²) in [5.41, 5.74) is 7.31. The van der Waals surface area contributed by atoms with E-state index in [-0.39, 0.29) is 0 Å². The van der Waals surface area contributed by atoms with Crippen LogP contribution in [0.15, 0.2) is 18.2 Å². The van der Waals surface area contributed by atoms with Crippen molar-refractivity contribution in [2.75, 3.05) is 0 Å². The van der Waals surface area contributed by atoms with Crippen LogP contribution in [0.4, 0.5) is 0 Å². The van der Waals surface area contributed by atoms with Crippen molar-refractivity contribution in [3.05, 3.63) is 29.3 Å². The predicted octanol–water partition coefficient (Wildman–Crippen LogP) is 1.53. The van der Waals surface area contributed by atoms with Crippen LogP contribution in [-0.2, 0) is 0 Å². The second-order valence-electron chi connectivity index (χ2n) is 4.72. The molecule has 15 heavy (non-hydrogen) atoms. The summed E-state index contributed by atoms with van der Waals surface area (Å²) in [5.74, 6) is 0.736. The van der Waals surface area contributed by atoms with E-state index in [1.165, 1.54) is 0 Å². The second-order valence-corrected chi connectivity index (χ2v) is 4.72. The van der Waals surface area contributed by atoms with Crippen molar-refractivity contribution in [2.45, 2.75) is 38.5 Å². The van der Waals surface area contributed by atoms with Crippen LogP contribution < -0.4 is 10.5 Å². The zero-order chi connectivity index (χ0) is 11.2. The number of hydrogen-bond acceptors (Lipinski definition) is 3. The van der Waals surface area contributed by atoms with Gasteiger partial charge in [0.15, 0.2) is 0 Å². The lowest BCUT2D eigenvalue weighted by Gasteiger charge is -2.41. The molecule has 1 heterocycles. The smallest absolute Gasteiger partial charge is 0.126 e. The molecule has 1 aliphatic rings. The highest BCUT2D eigenvalue weighted by Gasteiger charge is 2.40. The Labute approximate surface area is 89.9 Å². The van der Waals surface area contributed by atoms with E-state index in [9.17, 15) is 5.11 Å². The minimum atomic E-state index is -0.649. The Balaban J connectivity index is 2.50. The zero-order valence-electron chi connectivity index (χ0n) is 9.32. The van der Waals surface area contributed by atoms with Crippen LogP contribution >= 0.6 is 0 Å². The molecule has 0 fully saturated rings. The summed E-state index contributed by atoms with van der Waals surface area (Å²) in [5, 5.41) is 10.1. The lowest BCUT2D eigenvalue weighted by Crippen LogP contribution is -2.53. The quantitative estimate of drug-likeness (QED) is 0.678. The third-order valence-electron chi connectivity index (χ3n) is 3.00. The van der Waals surface area contributed by atoms with E-state index >= 15 is 0 Å². The van der Waals surface area contributed by atoms with Crippen molar-refractivity contribution in [3.8, 4) is 5.75 Å². The topological polar surface area (TPSA) is 55.5 Å². The molecule has 0 spiro atoms. The molecule has 3 heteroatoms. The Morgan fingerprint density at radius 2 is 2.07 bits per heavy atom. The van der Waals surface area contributed by atoms with Gasteiger partial charge in [-0.05, 0) is 32.9 Å². The molecule has 0 radical (unpaired) electrons. The third kappa shape index (κ3) is 1.62. The van der Waals surface area contributed by atoms with Gasteiger partial charge in [0.2, 0.25) is 0 Å². The SMILES string of the molecule is Cc1ccc2c(c1)C(O)C(N)C(C)(C)O2. The minimum absolute atomic E-state index is 0.396. The fourth-order valence-electron chi connectivity index (χ4n) is 1.92. The average Bonchev–Trinajstić information content (AvgIpc) is 2.16. The first-order valence-corrected chi connectivity index (χ1v) is 5.15. The van der Waals surface area contributed by atoms with Gasteiger partial charge in [0, 0.05) is 5.56 Å². The second kappa shape index (κ2) is 3.22. The normalized spacial score (nSPS) is 28.1. The van der Waals surface area contributed by atoms with E-state index in [0.29, 0.717) is 0 Å². The monoisotopic (exact) mass is 207 g/mol. The van der Waals surface area contributed by atoms with Crippen LogP contribution in [0, 0.1) is 6.92 Å². The Bertz CT molecular complexity index is 387. The van der Waals surface area contributed by atoms with Crippen LogP contribution in [0.2, 0.25) is 0 Å². The fraction of sp³-hybridized carbons (Fsp3) is 0.500. The van der Waals surface area contributed by atoms with Gasteiger partial charge in [-0.15, -0.1) is 0 Å². The molecule has 3 N–H and O–H groups in total. The van der Waals surface area contributed by atoms with E-state index in [2.05, 4.69) is 0 Å². The molecular formula is C12H17NO2. The van der Waals surface area contributed by atoms with Crippen LogP contribution in [0.5, 0.6) is 5.75 Å². The Morgan fingerprint density at radius 3 is 2.73 bits per heavy atom. The summed E-state index contributed by atoms with van der Waals surface area (Å²) in [6.45, 7) is 5.77. The average molecular weight is 207 g/mol. The molecule has 0 aliphatic carbocycles. The molecule has 0 bridgehead atoms. The summed E-state index contributed by atoms with van der Waals surface area (Å²) in [4.78, 5) is 0. The van der Waals surface area contributed by atoms with Gasteiger partial charge in [0.1, 0.15) is 17.5 Å². The van der Waals surface area contributed by atoms with Gasteiger partial charge in [-0.25, -0.2) is 0 Å². The van der Waals surface area contributed by atoms with E-state index < -0.39 is 17.7 Å². The molecule has 1 aliphatic heterocycles. The van der Waals surface area contributed by atoms with Gasteiger partial charge in [-0.2, -0.15) is 0 Å². The number of aliphatic hydroxyl groups excluding tert-OH is 1. The number of aliphatic hydroxyl groups is 1. The van der Waals surface area contributed by atoms with Gasteiger partial charge >= 0.3 is 0 Å². The van der Waals surface area contributed by atoms with Crippen molar-refractivity contribution in [1.29, 1.82) is 0 Å². The molecule has 0 aromatic heterocycles. The van der Waals surface area contributed by atoms with Gasteiger partial charge in [-0.1, -0.05) is 11.6 Å². The summed E-state index contributed by atoms with van der Waals surface area (Å²) < 4.78 is 5.77. The Morgan fingerprint density at radius 1 is 1.40 bits per heavy atom. The predicted molar refractivity (Wildman–Crippen MR) is 58.8 cm³/mol. The highest BCUT2D eigenvalue weighted by Crippen LogP contribution is 2.38. The maximum Gasteiger partial charge on any atom is 0.126 e. The summed E-state index contributed by atoms with van der Waals surface area (Å²) in [6.07, 6.45) is -0.649. The standard InChI is InChI=1S/C12H17NO2/c1-7-4-5-9-8(6-7)10(14)11(13)12(2,3)15-9/h4-6,10-11,14H,13H2,1-3H3. The first-order chi connectivity index (χ1) is 6.92. The molecule has 1 aromatic rings. The molecule has 3 nitrogen and oxygen atoms in total. The number of nitrogens with two attached hydrogens (primary N) is 1. The summed E-state index contributed by atoms with van der Waals surface area (Å²) in [7, 11) is 0. The van der Waals surface area contributed by atoms with Crippen LogP contribution in [0.25, 0.3) is 0 Å². The first kappa shape index (κ1) is 10.5. The number of hydrogen-bond donors (Lipinski definition) is 2. The number of ether oxygens (including phenoxy) is 1. The van der Waals surface area contributed by atoms with Crippen molar-refractivity contribution in [3.63, 3.8) is 0 Å². The van der Waals surface area contributed by atoms with Crippen LogP contribution in [0.1, 0.15) is 31.1 Å². The lowest BCUT2D eigenvalue weighted by atomic mass is 9.86. The molecule has 2 rings (SSSR count). The summed E-state index contributed by atoms with van der Waals surface area (Å²) >= 11 is 0. The van der Waals surface area contributed by atoms with Crippen molar-refractivity contribution < 1.29 is 9.84 Å². The van der Waals surface area contributed by atoms with Crippen molar-refractivity contribution in [1.82, 2.24) is 0 Å². The van der Waals surface area contributed by atoms with Gasteiger partial charge < -0.3 is 15.6 Å².